The third kappa shape index (κ3) is 3.17. The van der Waals surface area contributed by atoms with Gasteiger partial charge in [0.25, 0.3) is 0 Å². The number of esters is 1. The zero-order chi connectivity index (χ0) is 20.1. The van der Waals surface area contributed by atoms with Gasteiger partial charge in [-0.3, -0.25) is 4.79 Å². The SMILES string of the molecule is CN(C)CCC(=O)Oc1ccc2c(c1)CCC1(N)C2CCC2(C)C(O)CCC21. The molecule has 0 aliphatic heterocycles. The molecule has 5 heteroatoms. The van der Waals surface area contributed by atoms with Gasteiger partial charge in [-0.1, -0.05) is 13.0 Å². The number of nitrogens with zero attached hydrogens (tertiary/aromatic N) is 1. The third-order valence-electron chi connectivity index (χ3n) is 7.87. The maximum absolute atomic E-state index is 12.1. The Labute approximate surface area is 168 Å². The van der Waals surface area contributed by atoms with Gasteiger partial charge >= 0.3 is 5.97 Å². The Bertz CT molecular complexity index is 764. The molecule has 1 aromatic rings. The predicted octanol–water partition coefficient (Wildman–Crippen LogP) is 2.84. The van der Waals surface area contributed by atoms with Gasteiger partial charge in [-0.15, -0.1) is 0 Å². The van der Waals surface area contributed by atoms with Crippen LogP contribution in [-0.4, -0.2) is 48.3 Å². The van der Waals surface area contributed by atoms with E-state index in [0.29, 0.717) is 30.6 Å². The summed E-state index contributed by atoms with van der Waals surface area (Å²) in [6.45, 7) is 2.93. The first kappa shape index (κ1) is 19.9. The van der Waals surface area contributed by atoms with Crippen LogP contribution < -0.4 is 10.5 Å². The summed E-state index contributed by atoms with van der Waals surface area (Å²) in [5, 5.41) is 10.6. The second-order valence-corrected chi connectivity index (χ2v) is 9.74. The lowest BCUT2D eigenvalue weighted by Crippen LogP contribution is -2.61. The molecule has 0 aromatic heterocycles. The van der Waals surface area contributed by atoms with Crippen LogP contribution in [0.2, 0.25) is 0 Å². The van der Waals surface area contributed by atoms with Crippen LogP contribution in [0.4, 0.5) is 0 Å². The lowest BCUT2D eigenvalue weighted by atomic mass is 9.51. The summed E-state index contributed by atoms with van der Waals surface area (Å²) in [6.07, 6.45) is 5.98. The number of rotatable bonds is 4. The van der Waals surface area contributed by atoms with Crippen molar-refractivity contribution in [3.8, 4) is 5.75 Å². The van der Waals surface area contributed by atoms with Crippen molar-refractivity contribution >= 4 is 5.97 Å². The van der Waals surface area contributed by atoms with Crippen LogP contribution in [0, 0.1) is 11.3 Å². The monoisotopic (exact) mass is 386 g/mol. The molecule has 0 bridgehead atoms. The smallest absolute Gasteiger partial charge is 0.312 e. The maximum Gasteiger partial charge on any atom is 0.312 e. The molecular weight excluding hydrogens is 352 g/mol. The molecule has 0 spiro atoms. The van der Waals surface area contributed by atoms with Gasteiger partial charge in [0, 0.05) is 18.0 Å². The quantitative estimate of drug-likeness (QED) is 0.615. The van der Waals surface area contributed by atoms with E-state index in [4.69, 9.17) is 10.5 Å². The van der Waals surface area contributed by atoms with Crippen molar-refractivity contribution in [1.82, 2.24) is 4.90 Å². The Balaban J connectivity index is 1.54. The average Bonchev–Trinajstić information content (AvgIpc) is 2.96. The predicted molar refractivity (Wildman–Crippen MR) is 109 cm³/mol. The van der Waals surface area contributed by atoms with Crippen LogP contribution in [0.25, 0.3) is 0 Å². The maximum atomic E-state index is 12.1. The van der Waals surface area contributed by atoms with Crippen LogP contribution in [0.3, 0.4) is 0 Å². The van der Waals surface area contributed by atoms with E-state index in [9.17, 15) is 9.90 Å². The minimum Gasteiger partial charge on any atom is -0.426 e. The molecule has 0 amide bonds. The normalized spacial score (nSPS) is 36.6. The lowest BCUT2D eigenvalue weighted by molar-refractivity contribution is -0.134. The van der Waals surface area contributed by atoms with E-state index in [-0.39, 0.29) is 23.0 Å². The molecule has 5 unspecified atom stereocenters. The number of aliphatic hydroxyl groups is 1. The number of aliphatic hydroxyl groups excluding tert-OH is 1. The zero-order valence-corrected chi connectivity index (χ0v) is 17.4. The van der Waals surface area contributed by atoms with Crippen molar-refractivity contribution in [2.24, 2.45) is 17.1 Å². The fourth-order valence-corrected chi connectivity index (χ4v) is 6.25. The highest BCUT2D eigenvalue weighted by molar-refractivity contribution is 5.72. The number of fused-ring (bicyclic) bond motifs is 5. The number of carbonyl (C=O) groups excluding carboxylic acids is 1. The minimum atomic E-state index is -0.235. The number of aryl methyl sites for hydroxylation is 1. The highest BCUT2D eigenvalue weighted by Gasteiger charge is 2.60. The number of ether oxygens (including phenoxy) is 1. The summed E-state index contributed by atoms with van der Waals surface area (Å²) in [6, 6.07) is 6.10. The Morgan fingerprint density at radius 3 is 2.82 bits per heavy atom. The topological polar surface area (TPSA) is 75.8 Å². The van der Waals surface area contributed by atoms with Gasteiger partial charge in [0.05, 0.1) is 12.5 Å². The highest BCUT2D eigenvalue weighted by Crippen LogP contribution is 2.61. The van der Waals surface area contributed by atoms with Gasteiger partial charge in [-0.05, 0) is 87.2 Å². The molecule has 2 saturated carbocycles. The van der Waals surface area contributed by atoms with Crippen molar-refractivity contribution in [3.63, 3.8) is 0 Å². The van der Waals surface area contributed by atoms with Crippen LogP contribution >= 0.6 is 0 Å². The molecule has 2 fully saturated rings. The molecule has 5 atom stereocenters. The summed E-state index contributed by atoms with van der Waals surface area (Å²) in [5.41, 5.74) is 9.42. The van der Waals surface area contributed by atoms with Crippen molar-refractivity contribution < 1.29 is 14.6 Å². The standard InChI is InChI=1S/C23H34N2O3/c1-22-11-9-18-17-5-4-16(28-21(27)10-13-25(2)3)14-15(17)8-12-23(18,24)19(22)6-7-20(22)26/h4-5,14,18-20,26H,6-13,24H2,1-3H3. The van der Waals surface area contributed by atoms with Gasteiger partial charge < -0.3 is 20.5 Å². The number of nitrogens with two attached hydrogens (primary N) is 1. The van der Waals surface area contributed by atoms with Crippen molar-refractivity contribution in [3.05, 3.63) is 29.3 Å². The van der Waals surface area contributed by atoms with E-state index in [2.05, 4.69) is 13.0 Å². The van der Waals surface area contributed by atoms with E-state index >= 15 is 0 Å². The minimum absolute atomic E-state index is 0.0370. The summed E-state index contributed by atoms with van der Waals surface area (Å²) in [5.74, 6) is 1.17. The summed E-state index contributed by atoms with van der Waals surface area (Å²) in [7, 11) is 3.90. The first-order valence-electron chi connectivity index (χ1n) is 10.7. The number of hydrogen-bond acceptors (Lipinski definition) is 5. The molecule has 3 aliphatic rings. The third-order valence-corrected chi connectivity index (χ3v) is 7.87. The van der Waals surface area contributed by atoms with Crippen LogP contribution in [0.1, 0.15) is 62.5 Å². The number of benzene rings is 1. The van der Waals surface area contributed by atoms with E-state index in [0.717, 1.165) is 38.5 Å². The van der Waals surface area contributed by atoms with Gasteiger partial charge in [0.15, 0.2) is 0 Å². The molecule has 0 heterocycles. The van der Waals surface area contributed by atoms with Crippen LogP contribution in [0.5, 0.6) is 5.75 Å². The Morgan fingerprint density at radius 1 is 1.29 bits per heavy atom. The second kappa shape index (κ2) is 7.12. The first-order valence-corrected chi connectivity index (χ1v) is 10.7. The van der Waals surface area contributed by atoms with Gasteiger partial charge in [0.2, 0.25) is 0 Å². The Hall–Kier alpha value is -1.43. The first-order chi connectivity index (χ1) is 13.2. The van der Waals surface area contributed by atoms with Gasteiger partial charge in [-0.2, -0.15) is 0 Å². The molecule has 1 aromatic carbocycles. The van der Waals surface area contributed by atoms with Crippen LogP contribution in [0.15, 0.2) is 18.2 Å². The van der Waals surface area contributed by atoms with Crippen molar-refractivity contribution in [1.29, 1.82) is 0 Å². The summed E-state index contributed by atoms with van der Waals surface area (Å²) < 4.78 is 5.56. The molecule has 3 aliphatic carbocycles. The molecule has 154 valence electrons. The van der Waals surface area contributed by atoms with Gasteiger partial charge in [-0.25, -0.2) is 0 Å². The zero-order valence-electron chi connectivity index (χ0n) is 17.4. The van der Waals surface area contributed by atoms with E-state index in [1.807, 2.05) is 31.1 Å². The molecule has 5 nitrogen and oxygen atoms in total. The highest BCUT2D eigenvalue weighted by atomic mass is 16.5. The van der Waals surface area contributed by atoms with E-state index in [1.165, 1.54) is 11.1 Å². The number of carbonyl (C=O) groups is 1. The van der Waals surface area contributed by atoms with E-state index in [1.54, 1.807) is 0 Å². The fraction of sp³-hybridized carbons (Fsp3) is 0.696. The average molecular weight is 387 g/mol. The Morgan fingerprint density at radius 2 is 2.07 bits per heavy atom. The van der Waals surface area contributed by atoms with Crippen molar-refractivity contribution in [2.75, 3.05) is 20.6 Å². The van der Waals surface area contributed by atoms with Gasteiger partial charge in [0.1, 0.15) is 5.75 Å². The molecular formula is C23H34N2O3. The summed E-state index contributed by atoms with van der Waals surface area (Å²) in [4.78, 5) is 14.0. The van der Waals surface area contributed by atoms with E-state index < -0.39 is 0 Å². The Kier molecular flexibility index (Phi) is 5.05. The molecule has 28 heavy (non-hydrogen) atoms. The number of hydrogen-bond donors (Lipinski definition) is 2. The lowest BCUT2D eigenvalue weighted by Gasteiger charge is -2.56. The van der Waals surface area contributed by atoms with Crippen LogP contribution in [-0.2, 0) is 11.2 Å². The molecule has 4 rings (SSSR count). The molecule has 0 radical (unpaired) electrons. The molecule has 3 N–H and O–H groups in total. The molecule has 0 saturated heterocycles. The van der Waals surface area contributed by atoms with Crippen molar-refractivity contribution in [2.45, 2.75) is 69.4 Å². The largest absolute Gasteiger partial charge is 0.426 e. The summed E-state index contributed by atoms with van der Waals surface area (Å²) >= 11 is 0. The second-order valence-electron chi connectivity index (χ2n) is 9.74. The fourth-order valence-electron chi connectivity index (χ4n) is 6.25.